The lowest BCUT2D eigenvalue weighted by Gasteiger charge is -2.39. The molecule has 3 heterocycles. The first-order chi connectivity index (χ1) is 28.8. The van der Waals surface area contributed by atoms with Crippen LogP contribution in [0.3, 0.4) is 0 Å². The van der Waals surface area contributed by atoms with Crippen LogP contribution < -0.4 is 0 Å². The van der Waals surface area contributed by atoms with E-state index in [0.717, 1.165) is 38.2 Å². The zero-order chi connectivity index (χ0) is 38.0. The van der Waals surface area contributed by atoms with Gasteiger partial charge in [0, 0.05) is 27.5 Å². The van der Waals surface area contributed by atoms with Gasteiger partial charge in [-0.2, -0.15) is 0 Å². The Morgan fingerprint density at radius 3 is 1.62 bits per heavy atom. The van der Waals surface area contributed by atoms with Crippen molar-refractivity contribution in [3.05, 3.63) is 216 Å². The minimum absolute atomic E-state index is 0.577. The molecule has 1 spiro atoms. The van der Waals surface area contributed by atoms with Crippen LogP contribution in [0.1, 0.15) is 22.3 Å². The lowest BCUT2D eigenvalue weighted by Crippen LogP contribution is -2.33. The number of nitrogens with zero attached hydrogens (tertiary/aromatic N) is 4. The molecule has 2 aromatic heterocycles. The summed E-state index contributed by atoms with van der Waals surface area (Å²) in [6.45, 7) is 0. The van der Waals surface area contributed by atoms with Crippen LogP contribution in [-0.2, 0) is 5.41 Å². The summed E-state index contributed by atoms with van der Waals surface area (Å²) in [6.07, 6.45) is 0. The van der Waals surface area contributed by atoms with Crippen LogP contribution in [0.5, 0.6) is 0 Å². The fraction of sp³-hybridized carbons (Fsp3) is 0.0185. The van der Waals surface area contributed by atoms with E-state index in [0.29, 0.717) is 17.5 Å². The van der Waals surface area contributed by atoms with Crippen molar-refractivity contribution in [2.75, 3.05) is 0 Å². The fourth-order valence-corrected chi connectivity index (χ4v) is 10.3. The lowest BCUT2D eigenvalue weighted by molar-refractivity contribution is 0.748. The number of rotatable bonds is 3. The fourth-order valence-electron chi connectivity index (χ4n) is 10.3. The highest BCUT2D eigenvalue weighted by atomic mass is 15.0. The van der Waals surface area contributed by atoms with Crippen molar-refractivity contribution in [1.82, 2.24) is 19.5 Å². The molecule has 1 atom stereocenters. The smallest absolute Gasteiger partial charge is 0.164 e. The molecule has 2 aliphatic rings. The molecule has 1 aliphatic heterocycles. The standard InChI is InChI=1S/C54H32N4/c1-3-18-36-33(14-1)16-11-23-42(36)52-55-51(56-53(57-52)43-24-12-17-34-15-2-4-19-37(34)43)35-30-31-39-38-20-5-7-25-44(38)54(47(39)32-35)45-26-8-10-29-49(45)58-48-28-9-6-21-40(48)41-22-13-27-46(54)50(41)58/h1-32H. The second-order valence-corrected chi connectivity index (χ2v) is 15.5. The minimum Gasteiger partial charge on any atom is -0.309 e. The third-order valence-electron chi connectivity index (χ3n) is 12.6. The Morgan fingerprint density at radius 2 is 0.862 bits per heavy atom. The quantitative estimate of drug-likeness (QED) is 0.181. The van der Waals surface area contributed by atoms with E-state index < -0.39 is 5.41 Å². The maximum atomic E-state index is 5.36. The van der Waals surface area contributed by atoms with Crippen molar-refractivity contribution in [2.45, 2.75) is 5.41 Å². The summed E-state index contributed by atoms with van der Waals surface area (Å²) >= 11 is 0. The SMILES string of the molecule is c1ccc2c(c1)-c1ccc(-c3nc(-c4cccc5ccccc45)nc(-c4cccc5ccccc45)n3)cc1C21c2ccccc2-n2c3ccccc3c3cccc1c32. The topological polar surface area (TPSA) is 43.6 Å². The summed E-state index contributed by atoms with van der Waals surface area (Å²) < 4.78 is 2.49. The number of aromatic nitrogens is 4. The Hall–Kier alpha value is -7.69. The molecule has 0 saturated heterocycles. The van der Waals surface area contributed by atoms with Crippen molar-refractivity contribution in [1.29, 1.82) is 0 Å². The van der Waals surface area contributed by atoms with Gasteiger partial charge in [0.1, 0.15) is 0 Å². The first-order valence-corrected chi connectivity index (χ1v) is 19.9. The molecular weight excluding hydrogens is 705 g/mol. The van der Waals surface area contributed by atoms with E-state index >= 15 is 0 Å². The first kappa shape index (κ1) is 31.5. The predicted octanol–water partition coefficient (Wildman–Crippen LogP) is 13.0. The zero-order valence-electron chi connectivity index (χ0n) is 31.3. The molecule has 0 bridgehead atoms. The van der Waals surface area contributed by atoms with Gasteiger partial charge >= 0.3 is 0 Å². The van der Waals surface area contributed by atoms with Crippen molar-refractivity contribution in [2.24, 2.45) is 0 Å². The van der Waals surface area contributed by atoms with Crippen LogP contribution in [0.4, 0.5) is 0 Å². The molecule has 13 rings (SSSR count). The van der Waals surface area contributed by atoms with Gasteiger partial charge in [0.15, 0.2) is 17.5 Å². The van der Waals surface area contributed by atoms with Crippen LogP contribution >= 0.6 is 0 Å². The van der Waals surface area contributed by atoms with Crippen LogP contribution in [0, 0.1) is 0 Å². The molecule has 58 heavy (non-hydrogen) atoms. The average molecular weight is 737 g/mol. The molecule has 4 nitrogen and oxygen atoms in total. The summed E-state index contributed by atoms with van der Waals surface area (Å²) in [5.74, 6) is 1.95. The summed E-state index contributed by atoms with van der Waals surface area (Å²) in [7, 11) is 0. The van der Waals surface area contributed by atoms with E-state index in [9.17, 15) is 0 Å². The van der Waals surface area contributed by atoms with Gasteiger partial charge in [-0.15, -0.1) is 0 Å². The highest BCUT2D eigenvalue weighted by molar-refractivity contribution is 6.13. The number of benzene rings is 9. The molecule has 4 heteroatoms. The highest BCUT2D eigenvalue weighted by Crippen LogP contribution is 2.61. The molecule has 0 N–H and O–H groups in total. The number of hydrogen-bond donors (Lipinski definition) is 0. The van der Waals surface area contributed by atoms with E-state index in [1.165, 1.54) is 60.9 Å². The van der Waals surface area contributed by atoms with Crippen LogP contribution in [0.15, 0.2) is 194 Å². The second kappa shape index (κ2) is 11.7. The van der Waals surface area contributed by atoms with Gasteiger partial charge in [-0.05, 0) is 73.1 Å². The third kappa shape index (κ3) is 4.10. The Kier molecular flexibility index (Phi) is 6.34. The van der Waals surface area contributed by atoms with Crippen molar-refractivity contribution < 1.29 is 0 Å². The van der Waals surface area contributed by atoms with E-state index in [-0.39, 0.29) is 0 Å². The Bertz CT molecular complexity index is 3430. The predicted molar refractivity (Wildman–Crippen MR) is 236 cm³/mol. The normalized spacial score (nSPS) is 15.0. The van der Waals surface area contributed by atoms with Gasteiger partial charge < -0.3 is 4.57 Å². The molecule has 0 fully saturated rings. The molecule has 1 unspecified atom stereocenters. The van der Waals surface area contributed by atoms with Gasteiger partial charge in [-0.1, -0.05) is 176 Å². The van der Waals surface area contributed by atoms with Gasteiger partial charge in [-0.3, -0.25) is 0 Å². The van der Waals surface area contributed by atoms with E-state index in [1.54, 1.807) is 0 Å². The lowest BCUT2D eigenvalue weighted by atomic mass is 9.65. The van der Waals surface area contributed by atoms with Crippen LogP contribution in [0.25, 0.3) is 94.3 Å². The molecule has 268 valence electrons. The Labute approximate surface area is 334 Å². The number of para-hydroxylation sites is 3. The zero-order valence-corrected chi connectivity index (χ0v) is 31.3. The Morgan fingerprint density at radius 1 is 0.345 bits per heavy atom. The van der Waals surface area contributed by atoms with Crippen molar-refractivity contribution in [3.8, 4) is 51.0 Å². The molecule has 0 radical (unpaired) electrons. The number of hydrogen-bond acceptors (Lipinski definition) is 3. The molecule has 11 aromatic rings. The molecular formula is C54H32N4. The Balaban J connectivity index is 1.12. The van der Waals surface area contributed by atoms with Crippen molar-refractivity contribution in [3.63, 3.8) is 0 Å². The van der Waals surface area contributed by atoms with Crippen molar-refractivity contribution >= 4 is 43.4 Å². The maximum absolute atomic E-state index is 5.36. The van der Waals surface area contributed by atoms with Gasteiger partial charge in [0.05, 0.1) is 22.1 Å². The summed E-state index contributed by atoms with van der Waals surface area (Å²) in [5.41, 5.74) is 13.6. The van der Waals surface area contributed by atoms with Gasteiger partial charge in [0.2, 0.25) is 0 Å². The summed E-state index contributed by atoms with van der Waals surface area (Å²) in [6, 6.07) is 70.2. The number of fused-ring (bicyclic) bond motifs is 14. The monoisotopic (exact) mass is 736 g/mol. The van der Waals surface area contributed by atoms with E-state index in [4.69, 9.17) is 15.0 Å². The third-order valence-corrected chi connectivity index (χ3v) is 12.6. The van der Waals surface area contributed by atoms with Crippen LogP contribution in [-0.4, -0.2) is 19.5 Å². The molecule has 1 aliphatic carbocycles. The highest BCUT2D eigenvalue weighted by Gasteiger charge is 2.50. The average Bonchev–Trinajstić information content (AvgIpc) is 3.79. The molecule has 9 aromatic carbocycles. The van der Waals surface area contributed by atoms with Gasteiger partial charge in [0.25, 0.3) is 0 Å². The summed E-state index contributed by atoms with van der Waals surface area (Å²) in [5, 5.41) is 7.04. The largest absolute Gasteiger partial charge is 0.309 e. The maximum Gasteiger partial charge on any atom is 0.164 e. The van der Waals surface area contributed by atoms with E-state index in [2.05, 4.69) is 199 Å². The minimum atomic E-state index is -0.577. The van der Waals surface area contributed by atoms with Crippen LogP contribution in [0.2, 0.25) is 0 Å². The van der Waals surface area contributed by atoms with E-state index in [1.807, 2.05) is 0 Å². The molecule has 0 saturated carbocycles. The first-order valence-electron chi connectivity index (χ1n) is 19.9. The second-order valence-electron chi connectivity index (χ2n) is 15.5. The summed E-state index contributed by atoms with van der Waals surface area (Å²) in [4.78, 5) is 16.0. The van der Waals surface area contributed by atoms with Gasteiger partial charge in [-0.25, -0.2) is 15.0 Å². The molecule has 0 amide bonds.